The van der Waals surface area contributed by atoms with E-state index >= 15 is 0 Å². The lowest BCUT2D eigenvalue weighted by molar-refractivity contribution is 0.564. The Morgan fingerprint density at radius 1 is 1.00 bits per heavy atom. The second kappa shape index (κ2) is 4.02. The number of rotatable bonds is 2. The van der Waals surface area contributed by atoms with Crippen LogP contribution < -0.4 is 0 Å². The van der Waals surface area contributed by atoms with Crippen molar-refractivity contribution in [1.82, 2.24) is 4.98 Å². The number of hydrogen-bond acceptors (Lipinski definition) is 3. The molecule has 0 atom stereocenters. The van der Waals surface area contributed by atoms with Crippen LogP contribution in [0.2, 0.25) is 0 Å². The van der Waals surface area contributed by atoms with Crippen molar-refractivity contribution in [1.29, 1.82) is 0 Å². The molecule has 0 aliphatic carbocycles. The minimum absolute atomic E-state index is 0.153. The molecule has 3 nitrogen and oxygen atoms in total. The quantitative estimate of drug-likeness (QED) is 0.803. The maximum atomic E-state index is 13.4. The van der Waals surface area contributed by atoms with Gasteiger partial charge in [-0.25, -0.2) is 17.8 Å². The molecule has 0 spiro atoms. The molecule has 0 saturated carbocycles. The van der Waals surface area contributed by atoms with Crippen molar-refractivity contribution in [2.45, 2.75) is 9.92 Å². The summed E-state index contributed by atoms with van der Waals surface area (Å²) in [4.78, 5) is 3.36. The molecule has 2 aromatic rings. The van der Waals surface area contributed by atoms with E-state index in [2.05, 4.69) is 4.98 Å². The molecule has 0 unspecified atom stereocenters. The van der Waals surface area contributed by atoms with Crippen LogP contribution in [0.1, 0.15) is 0 Å². The van der Waals surface area contributed by atoms with Crippen LogP contribution in [0.4, 0.5) is 4.39 Å². The predicted octanol–water partition coefficient (Wildman–Crippen LogP) is 2.05. The lowest BCUT2D eigenvalue weighted by Crippen LogP contribution is -2.06. The fourth-order valence-electron chi connectivity index (χ4n) is 1.28. The smallest absolute Gasteiger partial charge is 0.226 e. The van der Waals surface area contributed by atoms with Crippen molar-refractivity contribution < 1.29 is 12.8 Å². The lowest BCUT2D eigenvalue weighted by atomic mass is 10.3. The van der Waals surface area contributed by atoms with E-state index in [0.29, 0.717) is 0 Å². The van der Waals surface area contributed by atoms with Crippen molar-refractivity contribution in [3.05, 3.63) is 54.5 Å². The van der Waals surface area contributed by atoms with Crippen LogP contribution in [0.25, 0.3) is 0 Å². The Kier molecular flexibility index (Phi) is 2.70. The van der Waals surface area contributed by atoms with Gasteiger partial charge in [0.05, 0.1) is 0 Å². The first kappa shape index (κ1) is 10.8. The number of halogens is 1. The summed E-state index contributed by atoms with van der Waals surface area (Å²) in [6.45, 7) is 0. The zero-order valence-electron chi connectivity index (χ0n) is 8.17. The number of aromatic nitrogens is 1. The van der Waals surface area contributed by atoms with Crippen LogP contribution in [0.5, 0.6) is 0 Å². The van der Waals surface area contributed by atoms with Crippen molar-refractivity contribution >= 4 is 9.84 Å². The molecule has 0 aliphatic heterocycles. The molecule has 16 heavy (non-hydrogen) atoms. The third-order valence-corrected chi connectivity index (χ3v) is 3.74. The van der Waals surface area contributed by atoms with E-state index < -0.39 is 15.7 Å². The summed E-state index contributed by atoms with van der Waals surface area (Å²) >= 11 is 0. The molecule has 1 aromatic carbocycles. The molecule has 0 bridgehead atoms. The van der Waals surface area contributed by atoms with E-state index in [0.717, 1.165) is 6.07 Å². The van der Waals surface area contributed by atoms with Crippen LogP contribution in [0.3, 0.4) is 0 Å². The van der Waals surface area contributed by atoms with Crippen LogP contribution in [0.15, 0.2) is 58.6 Å². The molecular weight excluding hydrogens is 229 g/mol. The van der Waals surface area contributed by atoms with Crippen LogP contribution in [0, 0.1) is 5.82 Å². The highest BCUT2D eigenvalue weighted by molar-refractivity contribution is 7.91. The third-order valence-electron chi connectivity index (χ3n) is 2.04. The SMILES string of the molecule is O=S(=O)(c1ccccn1)c1ccccc1F. The lowest BCUT2D eigenvalue weighted by Gasteiger charge is -2.03. The number of benzene rings is 1. The Labute approximate surface area is 92.5 Å². The normalized spacial score (nSPS) is 11.3. The summed E-state index contributed by atoms with van der Waals surface area (Å²) in [6, 6.07) is 9.71. The van der Waals surface area contributed by atoms with Gasteiger partial charge in [0.25, 0.3) is 0 Å². The summed E-state index contributed by atoms with van der Waals surface area (Å²) in [5.41, 5.74) is 0. The van der Waals surface area contributed by atoms with E-state index in [9.17, 15) is 12.8 Å². The molecular formula is C11H8FNO2S. The first-order valence-electron chi connectivity index (χ1n) is 4.53. The van der Waals surface area contributed by atoms with Gasteiger partial charge in [0.1, 0.15) is 10.7 Å². The Bertz CT molecular complexity index is 596. The minimum atomic E-state index is -3.86. The van der Waals surface area contributed by atoms with Gasteiger partial charge in [0, 0.05) is 6.20 Å². The fraction of sp³-hybridized carbons (Fsp3) is 0. The fourth-order valence-corrected chi connectivity index (χ4v) is 2.55. The number of nitrogens with zero attached hydrogens (tertiary/aromatic N) is 1. The third kappa shape index (κ3) is 1.81. The molecule has 2 rings (SSSR count). The molecule has 1 aromatic heterocycles. The average molecular weight is 237 g/mol. The highest BCUT2D eigenvalue weighted by Gasteiger charge is 2.21. The van der Waals surface area contributed by atoms with Gasteiger partial charge in [0.15, 0.2) is 5.03 Å². The van der Waals surface area contributed by atoms with Gasteiger partial charge < -0.3 is 0 Å². The largest absolute Gasteiger partial charge is 0.244 e. The Morgan fingerprint density at radius 3 is 2.31 bits per heavy atom. The van der Waals surface area contributed by atoms with Gasteiger partial charge in [-0.05, 0) is 24.3 Å². The van der Waals surface area contributed by atoms with Gasteiger partial charge in [-0.1, -0.05) is 18.2 Å². The summed E-state index contributed by atoms with van der Waals surface area (Å²) in [7, 11) is -3.86. The monoisotopic (exact) mass is 237 g/mol. The predicted molar refractivity (Wildman–Crippen MR) is 56.1 cm³/mol. The second-order valence-electron chi connectivity index (χ2n) is 3.10. The number of sulfone groups is 1. The summed E-state index contributed by atoms with van der Waals surface area (Å²) < 4.78 is 37.3. The second-order valence-corrected chi connectivity index (χ2v) is 4.97. The zero-order chi connectivity index (χ0) is 11.6. The van der Waals surface area contributed by atoms with E-state index in [1.807, 2.05) is 0 Å². The topological polar surface area (TPSA) is 47.0 Å². The van der Waals surface area contributed by atoms with E-state index in [-0.39, 0.29) is 9.92 Å². The van der Waals surface area contributed by atoms with Gasteiger partial charge in [-0.3, -0.25) is 0 Å². The molecule has 82 valence electrons. The molecule has 0 amide bonds. The summed E-state index contributed by atoms with van der Waals surface area (Å²) in [5, 5.41) is -0.153. The first-order valence-corrected chi connectivity index (χ1v) is 6.01. The summed E-state index contributed by atoms with van der Waals surface area (Å²) in [5.74, 6) is -0.770. The molecule has 1 heterocycles. The highest BCUT2D eigenvalue weighted by Crippen LogP contribution is 2.20. The first-order chi connectivity index (χ1) is 7.62. The minimum Gasteiger partial charge on any atom is -0.244 e. The van der Waals surface area contributed by atoms with E-state index in [1.54, 1.807) is 12.1 Å². The Morgan fingerprint density at radius 2 is 1.69 bits per heavy atom. The molecule has 0 saturated heterocycles. The standard InChI is InChI=1S/C11H8FNO2S/c12-9-5-1-2-6-10(9)16(14,15)11-7-3-4-8-13-11/h1-8H. The number of hydrogen-bond donors (Lipinski definition) is 0. The van der Waals surface area contributed by atoms with Crippen molar-refractivity contribution in [2.24, 2.45) is 0 Å². The summed E-state index contributed by atoms with van der Waals surface area (Å²) in [6.07, 6.45) is 1.35. The van der Waals surface area contributed by atoms with Crippen molar-refractivity contribution in [3.63, 3.8) is 0 Å². The average Bonchev–Trinajstić information content (AvgIpc) is 2.30. The Hall–Kier alpha value is -1.75. The molecule has 0 aliphatic rings. The van der Waals surface area contributed by atoms with Gasteiger partial charge in [-0.2, -0.15) is 0 Å². The maximum Gasteiger partial charge on any atom is 0.226 e. The van der Waals surface area contributed by atoms with Gasteiger partial charge in [0.2, 0.25) is 9.84 Å². The van der Waals surface area contributed by atoms with Crippen LogP contribution in [-0.4, -0.2) is 13.4 Å². The molecule has 5 heteroatoms. The van der Waals surface area contributed by atoms with Crippen molar-refractivity contribution in [2.75, 3.05) is 0 Å². The number of pyridine rings is 1. The van der Waals surface area contributed by atoms with Crippen LogP contribution in [-0.2, 0) is 9.84 Å². The Balaban J connectivity index is 2.62. The van der Waals surface area contributed by atoms with E-state index in [4.69, 9.17) is 0 Å². The highest BCUT2D eigenvalue weighted by atomic mass is 32.2. The maximum absolute atomic E-state index is 13.4. The van der Waals surface area contributed by atoms with Gasteiger partial charge >= 0.3 is 0 Å². The van der Waals surface area contributed by atoms with Crippen LogP contribution >= 0.6 is 0 Å². The van der Waals surface area contributed by atoms with E-state index in [1.165, 1.54) is 30.5 Å². The molecule has 0 fully saturated rings. The molecule has 0 radical (unpaired) electrons. The van der Waals surface area contributed by atoms with Gasteiger partial charge in [-0.15, -0.1) is 0 Å². The molecule has 0 N–H and O–H groups in total. The van der Waals surface area contributed by atoms with Crippen molar-refractivity contribution in [3.8, 4) is 0 Å². The zero-order valence-corrected chi connectivity index (χ0v) is 8.99.